The number of hydrogen-bond acceptors (Lipinski definition) is 5. The Bertz CT molecular complexity index is 292. The maximum Gasteiger partial charge on any atom is 0.223 e. The van der Waals surface area contributed by atoms with E-state index in [-0.39, 0.29) is 17.9 Å². The molecule has 0 aliphatic heterocycles. The molecule has 1 heterocycles. The summed E-state index contributed by atoms with van der Waals surface area (Å²) in [5.41, 5.74) is 0. The summed E-state index contributed by atoms with van der Waals surface area (Å²) < 4.78 is 12.5. The van der Waals surface area contributed by atoms with Crippen molar-refractivity contribution < 1.29 is 9.50 Å². The number of rotatable bonds is 5. The lowest BCUT2D eigenvalue weighted by Crippen LogP contribution is -2.31. The minimum Gasteiger partial charge on any atom is -0.395 e. The summed E-state index contributed by atoms with van der Waals surface area (Å²) in [4.78, 5) is 7.56. The zero-order chi connectivity index (χ0) is 11.3. The Morgan fingerprint density at radius 2 is 2.13 bits per heavy atom. The Labute approximate surface area is 92.3 Å². The molecule has 15 heavy (non-hydrogen) atoms. The Morgan fingerprint density at radius 1 is 1.53 bits per heavy atom. The minimum absolute atomic E-state index is 0.0236. The minimum atomic E-state index is -0.461. The third-order valence-corrected chi connectivity index (χ3v) is 3.18. The zero-order valence-electron chi connectivity index (χ0n) is 8.64. The molecule has 1 rings (SSSR count). The highest BCUT2D eigenvalue weighted by atomic mass is 32.2. The smallest absolute Gasteiger partial charge is 0.223 e. The highest BCUT2D eigenvalue weighted by molar-refractivity contribution is 7.99. The van der Waals surface area contributed by atoms with Crippen molar-refractivity contribution in [3.63, 3.8) is 0 Å². The van der Waals surface area contributed by atoms with Gasteiger partial charge in [-0.05, 0) is 13.2 Å². The average Bonchev–Trinajstić information content (AvgIpc) is 2.23. The molecule has 0 bridgehead atoms. The van der Waals surface area contributed by atoms with Gasteiger partial charge in [-0.15, -0.1) is 0 Å². The predicted molar refractivity (Wildman–Crippen MR) is 59.5 cm³/mol. The van der Waals surface area contributed by atoms with E-state index in [0.29, 0.717) is 5.95 Å². The Kier molecular flexibility index (Phi) is 4.77. The lowest BCUT2D eigenvalue weighted by atomic mass is 10.2. The number of anilines is 1. The standard InChI is InChI=1S/C9H14FN3OS/c1-6(8(5-14)15-2)13-9-11-3-7(10)4-12-9/h3-4,6,8,14H,5H2,1-2H3,(H,11,12,13). The van der Waals surface area contributed by atoms with E-state index in [4.69, 9.17) is 5.11 Å². The number of hydrogen-bond donors (Lipinski definition) is 2. The van der Waals surface area contributed by atoms with Crippen molar-refractivity contribution in [3.05, 3.63) is 18.2 Å². The highest BCUT2D eigenvalue weighted by Gasteiger charge is 2.15. The topological polar surface area (TPSA) is 58.0 Å². The first kappa shape index (κ1) is 12.2. The molecule has 0 spiro atoms. The summed E-state index contributed by atoms with van der Waals surface area (Å²) in [5.74, 6) is -0.0897. The van der Waals surface area contributed by atoms with Gasteiger partial charge in [0.2, 0.25) is 5.95 Å². The van der Waals surface area contributed by atoms with E-state index < -0.39 is 5.82 Å². The highest BCUT2D eigenvalue weighted by Crippen LogP contribution is 2.13. The molecule has 2 N–H and O–H groups in total. The predicted octanol–water partition coefficient (Wildman–Crippen LogP) is 1.14. The fraction of sp³-hybridized carbons (Fsp3) is 0.556. The summed E-state index contributed by atoms with van der Waals surface area (Å²) in [6.45, 7) is 2.00. The average molecular weight is 231 g/mol. The lowest BCUT2D eigenvalue weighted by molar-refractivity contribution is 0.288. The molecule has 0 fully saturated rings. The van der Waals surface area contributed by atoms with Crippen molar-refractivity contribution in [3.8, 4) is 0 Å². The number of halogens is 1. The number of aliphatic hydroxyl groups is 1. The second-order valence-corrected chi connectivity index (χ2v) is 4.19. The second-order valence-electron chi connectivity index (χ2n) is 3.11. The molecule has 84 valence electrons. The van der Waals surface area contributed by atoms with E-state index in [0.717, 1.165) is 12.4 Å². The Balaban J connectivity index is 2.57. The van der Waals surface area contributed by atoms with Crippen LogP contribution in [0.5, 0.6) is 0 Å². The first-order valence-electron chi connectivity index (χ1n) is 4.55. The van der Waals surface area contributed by atoms with E-state index in [2.05, 4.69) is 15.3 Å². The van der Waals surface area contributed by atoms with E-state index in [1.807, 2.05) is 13.2 Å². The van der Waals surface area contributed by atoms with Crippen molar-refractivity contribution in [1.29, 1.82) is 0 Å². The summed E-state index contributed by atoms with van der Waals surface area (Å²) in [6.07, 6.45) is 4.13. The first-order valence-corrected chi connectivity index (χ1v) is 5.84. The van der Waals surface area contributed by atoms with Crippen LogP contribution in [-0.4, -0.2) is 39.2 Å². The van der Waals surface area contributed by atoms with E-state index in [1.54, 1.807) is 11.8 Å². The quantitative estimate of drug-likeness (QED) is 0.796. The van der Waals surface area contributed by atoms with Crippen LogP contribution in [0.1, 0.15) is 6.92 Å². The largest absolute Gasteiger partial charge is 0.395 e. The molecule has 0 saturated heterocycles. The molecule has 0 radical (unpaired) electrons. The molecule has 0 aliphatic carbocycles. The molecule has 4 nitrogen and oxygen atoms in total. The summed E-state index contributed by atoms with van der Waals surface area (Å²) in [6, 6.07) is 0.0236. The van der Waals surface area contributed by atoms with Crippen LogP contribution in [0.4, 0.5) is 10.3 Å². The number of aliphatic hydroxyl groups excluding tert-OH is 1. The van der Waals surface area contributed by atoms with Gasteiger partial charge in [0.1, 0.15) is 0 Å². The maximum atomic E-state index is 12.5. The molecular weight excluding hydrogens is 217 g/mol. The van der Waals surface area contributed by atoms with Gasteiger partial charge in [0.25, 0.3) is 0 Å². The molecule has 1 aromatic rings. The van der Waals surface area contributed by atoms with Gasteiger partial charge in [-0.2, -0.15) is 11.8 Å². The second kappa shape index (κ2) is 5.87. The van der Waals surface area contributed by atoms with E-state index >= 15 is 0 Å². The molecule has 2 atom stereocenters. The van der Waals surface area contributed by atoms with Crippen LogP contribution in [0.2, 0.25) is 0 Å². The number of aromatic nitrogens is 2. The van der Waals surface area contributed by atoms with Gasteiger partial charge < -0.3 is 10.4 Å². The third-order valence-electron chi connectivity index (χ3n) is 2.02. The van der Waals surface area contributed by atoms with Crippen LogP contribution in [0.3, 0.4) is 0 Å². The van der Waals surface area contributed by atoms with E-state index in [9.17, 15) is 4.39 Å². The summed E-state index contributed by atoms with van der Waals surface area (Å²) in [7, 11) is 0. The molecule has 0 amide bonds. The van der Waals surface area contributed by atoms with Crippen molar-refractivity contribution in [1.82, 2.24) is 9.97 Å². The van der Waals surface area contributed by atoms with Gasteiger partial charge >= 0.3 is 0 Å². The molecule has 0 aliphatic rings. The fourth-order valence-corrected chi connectivity index (χ4v) is 1.75. The lowest BCUT2D eigenvalue weighted by Gasteiger charge is -2.20. The van der Waals surface area contributed by atoms with E-state index in [1.165, 1.54) is 0 Å². The van der Waals surface area contributed by atoms with Gasteiger partial charge in [0.15, 0.2) is 5.82 Å². The van der Waals surface area contributed by atoms with Crippen LogP contribution in [0.25, 0.3) is 0 Å². The summed E-state index contributed by atoms with van der Waals surface area (Å²) >= 11 is 1.56. The molecular formula is C9H14FN3OS. The van der Waals surface area contributed by atoms with Gasteiger partial charge in [0, 0.05) is 11.3 Å². The van der Waals surface area contributed by atoms with Crippen molar-refractivity contribution >= 4 is 17.7 Å². The molecule has 0 saturated carbocycles. The number of thioether (sulfide) groups is 1. The van der Waals surface area contributed by atoms with Gasteiger partial charge in [-0.3, -0.25) is 0 Å². The zero-order valence-corrected chi connectivity index (χ0v) is 9.46. The van der Waals surface area contributed by atoms with Gasteiger partial charge in [-0.1, -0.05) is 0 Å². The van der Waals surface area contributed by atoms with Crippen molar-refractivity contribution in [2.45, 2.75) is 18.2 Å². The molecule has 0 aromatic carbocycles. The summed E-state index contributed by atoms with van der Waals surface area (Å²) in [5, 5.41) is 12.1. The molecule has 2 unspecified atom stereocenters. The van der Waals surface area contributed by atoms with Crippen LogP contribution in [0.15, 0.2) is 12.4 Å². The van der Waals surface area contributed by atoms with Gasteiger partial charge in [-0.25, -0.2) is 14.4 Å². The first-order chi connectivity index (χ1) is 7.17. The fourth-order valence-electron chi connectivity index (χ4n) is 1.12. The monoisotopic (exact) mass is 231 g/mol. The Morgan fingerprint density at radius 3 is 2.60 bits per heavy atom. The van der Waals surface area contributed by atoms with Crippen molar-refractivity contribution in [2.24, 2.45) is 0 Å². The van der Waals surface area contributed by atoms with Crippen molar-refractivity contribution in [2.75, 3.05) is 18.2 Å². The third kappa shape index (κ3) is 3.64. The molecule has 1 aromatic heterocycles. The van der Waals surface area contributed by atoms with Crippen LogP contribution >= 0.6 is 11.8 Å². The number of nitrogens with zero attached hydrogens (tertiary/aromatic N) is 2. The molecule has 6 heteroatoms. The maximum absolute atomic E-state index is 12.5. The SMILES string of the molecule is CSC(CO)C(C)Nc1ncc(F)cn1. The normalized spacial score (nSPS) is 14.7. The van der Waals surface area contributed by atoms with Crippen LogP contribution in [-0.2, 0) is 0 Å². The Hall–Kier alpha value is -0.880. The van der Waals surface area contributed by atoms with Gasteiger partial charge in [0.05, 0.1) is 19.0 Å². The van der Waals surface area contributed by atoms with Crippen LogP contribution in [0, 0.1) is 5.82 Å². The van der Waals surface area contributed by atoms with Crippen LogP contribution < -0.4 is 5.32 Å². The number of nitrogens with one attached hydrogen (secondary N) is 1.